The zero-order valence-corrected chi connectivity index (χ0v) is 51.5. The van der Waals surface area contributed by atoms with Crippen molar-refractivity contribution in [2.24, 2.45) is 0 Å². The van der Waals surface area contributed by atoms with E-state index in [4.69, 9.17) is 18.5 Å². The van der Waals surface area contributed by atoms with E-state index in [1.807, 2.05) is 38.1 Å². The van der Waals surface area contributed by atoms with Crippen LogP contribution in [0.25, 0.3) is 0 Å². The van der Waals surface area contributed by atoms with Crippen molar-refractivity contribution >= 4 is 75.0 Å². The summed E-state index contributed by atoms with van der Waals surface area (Å²) in [6.45, 7) is 6.33. The second kappa shape index (κ2) is 28.9. The molecule has 0 fully saturated rings. The minimum Gasteiger partial charge on any atom is -0.493 e. The normalized spacial score (nSPS) is 12.4. The Kier molecular flexibility index (Phi) is 21.3. The standard InChI is InChI=1S/C26H43N2O5P.2C24H20B/c1-21(2)32-34(9,29)33-26-19-23(28(6,7)8)18-25(20-26)31-16-11-10-15-30-24-14-12-13-22(17-24)27(3,4)5;2*1-5-13-21(14-6-1)25(22-15-7-2-8-16-22,23-17-9-3-10-18-23)24-19-11-4-12-20-24/h12-14,17-21H,10-11,15-16H2,1-9H3;2*1-20H/q+2;2*-1. The quantitative estimate of drug-likeness (QED) is 0.0311. The molecular weight excluding hydrogens is 1050 g/mol. The van der Waals surface area contributed by atoms with Crippen LogP contribution in [0.3, 0.4) is 0 Å². The maximum absolute atomic E-state index is 12.7. The third-order valence-electron chi connectivity index (χ3n) is 15.4. The van der Waals surface area contributed by atoms with Gasteiger partial charge < -0.3 is 14.0 Å². The summed E-state index contributed by atoms with van der Waals surface area (Å²) >= 11 is 0. The van der Waals surface area contributed by atoms with E-state index in [2.05, 4.69) is 297 Å². The third kappa shape index (κ3) is 15.9. The van der Waals surface area contributed by atoms with Gasteiger partial charge in [0.15, 0.2) is 0 Å². The summed E-state index contributed by atoms with van der Waals surface area (Å²) in [5.74, 6) is 2.05. The highest BCUT2D eigenvalue weighted by molar-refractivity contribution is 7.53. The monoisotopic (exact) mass is 1130 g/mol. The molecule has 0 radical (unpaired) electrons. The lowest BCUT2D eigenvalue weighted by Gasteiger charge is -2.44. The predicted molar refractivity (Wildman–Crippen MR) is 363 cm³/mol. The molecule has 0 aliphatic carbocycles. The highest BCUT2D eigenvalue weighted by Crippen LogP contribution is 2.47. The van der Waals surface area contributed by atoms with Crippen molar-refractivity contribution in [1.29, 1.82) is 0 Å². The molecule has 84 heavy (non-hydrogen) atoms. The van der Waals surface area contributed by atoms with E-state index in [-0.39, 0.29) is 6.10 Å². The fourth-order valence-electron chi connectivity index (χ4n) is 11.5. The first-order chi connectivity index (χ1) is 40.5. The largest absolute Gasteiger partial charge is 0.493 e. The van der Waals surface area contributed by atoms with Crippen LogP contribution in [0.4, 0.5) is 11.4 Å². The molecule has 430 valence electrons. The highest BCUT2D eigenvalue weighted by atomic mass is 31.2. The molecule has 10 aromatic rings. The lowest BCUT2D eigenvalue weighted by molar-refractivity contribution is 0.212. The summed E-state index contributed by atoms with van der Waals surface area (Å²) in [6.07, 6.45) is -0.896. The zero-order chi connectivity index (χ0) is 59.5. The number of unbranched alkanes of at least 4 members (excludes halogenated alkanes) is 1. The van der Waals surface area contributed by atoms with Crippen LogP contribution >= 0.6 is 7.60 Å². The van der Waals surface area contributed by atoms with Gasteiger partial charge in [-0.25, -0.2) is 4.57 Å². The molecule has 10 rings (SSSR count). The van der Waals surface area contributed by atoms with Gasteiger partial charge in [-0.1, -0.05) is 249 Å². The van der Waals surface area contributed by atoms with Gasteiger partial charge in [-0.15, -0.1) is 0 Å². The first-order valence-electron chi connectivity index (χ1n) is 29.4. The number of nitrogens with zero attached hydrogens (tertiary/aromatic N) is 2. The molecule has 0 saturated carbocycles. The summed E-state index contributed by atoms with van der Waals surface area (Å²) in [7, 11) is 9.36. The molecular formula is C74H83B2N2O5P. The Hall–Kier alpha value is -8.16. The Labute approximate surface area is 501 Å². The second-order valence-electron chi connectivity index (χ2n) is 23.6. The number of quaternary nitrogens is 2. The Balaban J connectivity index is 0.000000167. The van der Waals surface area contributed by atoms with Crippen LogP contribution in [0.15, 0.2) is 285 Å². The van der Waals surface area contributed by atoms with Crippen LogP contribution in [0.5, 0.6) is 17.2 Å². The van der Waals surface area contributed by atoms with Crippen molar-refractivity contribution in [3.05, 3.63) is 285 Å². The van der Waals surface area contributed by atoms with Gasteiger partial charge in [-0.3, -0.25) is 13.5 Å². The van der Waals surface area contributed by atoms with Crippen molar-refractivity contribution in [3.63, 3.8) is 0 Å². The molecule has 0 N–H and O–H groups in total. The molecule has 0 amide bonds. The summed E-state index contributed by atoms with van der Waals surface area (Å²) in [6, 6.07) is 101. The Morgan fingerprint density at radius 1 is 0.345 bits per heavy atom. The van der Waals surface area contributed by atoms with Crippen LogP contribution in [-0.4, -0.2) is 80.6 Å². The van der Waals surface area contributed by atoms with Gasteiger partial charge in [-0.05, 0) is 38.8 Å². The third-order valence-corrected chi connectivity index (χ3v) is 16.7. The zero-order valence-electron chi connectivity index (χ0n) is 50.6. The molecule has 10 aromatic carbocycles. The molecule has 1 unspecified atom stereocenters. The molecule has 0 aromatic heterocycles. The fourth-order valence-corrected chi connectivity index (χ4v) is 12.8. The first kappa shape index (κ1) is 61.9. The van der Waals surface area contributed by atoms with E-state index in [9.17, 15) is 4.57 Å². The van der Waals surface area contributed by atoms with Crippen molar-refractivity contribution < 1.29 is 23.1 Å². The number of rotatable bonds is 21. The van der Waals surface area contributed by atoms with Crippen LogP contribution in [0.1, 0.15) is 26.7 Å². The maximum Gasteiger partial charge on any atom is 0.376 e. The number of ether oxygens (including phenoxy) is 2. The van der Waals surface area contributed by atoms with E-state index in [1.165, 1.54) is 56.1 Å². The van der Waals surface area contributed by atoms with Crippen molar-refractivity contribution in [2.45, 2.75) is 32.8 Å². The van der Waals surface area contributed by atoms with E-state index in [0.717, 1.165) is 28.8 Å². The Morgan fingerprint density at radius 2 is 0.619 bits per heavy atom. The number of benzene rings is 10. The van der Waals surface area contributed by atoms with Gasteiger partial charge in [0.25, 0.3) is 0 Å². The average molecular weight is 1130 g/mol. The first-order valence-corrected chi connectivity index (χ1v) is 31.3. The molecule has 0 aliphatic heterocycles. The van der Waals surface area contributed by atoms with E-state index in [0.29, 0.717) is 29.2 Å². The van der Waals surface area contributed by atoms with Gasteiger partial charge >= 0.3 is 7.60 Å². The molecule has 1 atom stereocenters. The second-order valence-corrected chi connectivity index (χ2v) is 25.6. The molecule has 0 heterocycles. The number of hydrogen-bond donors (Lipinski definition) is 0. The Morgan fingerprint density at radius 3 is 0.905 bits per heavy atom. The average Bonchev–Trinajstić information content (AvgIpc) is 3.42. The number of hydrogen-bond acceptors (Lipinski definition) is 5. The van der Waals surface area contributed by atoms with E-state index < -0.39 is 19.9 Å². The lowest BCUT2D eigenvalue weighted by Crippen LogP contribution is -2.74. The van der Waals surface area contributed by atoms with Gasteiger partial charge in [-0.2, -0.15) is 43.7 Å². The molecule has 10 heteroatoms. The van der Waals surface area contributed by atoms with Crippen molar-refractivity contribution in [3.8, 4) is 17.2 Å². The summed E-state index contributed by atoms with van der Waals surface area (Å²) in [5, 5.41) is 0. The molecule has 0 spiro atoms. The van der Waals surface area contributed by atoms with Crippen molar-refractivity contribution in [2.75, 3.05) is 62.2 Å². The summed E-state index contributed by atoms with van der Waals surface area (Å²) in [4.78, 5) is 0. The van der Waals surface area contributed by atoms with Crippen LogP contribution in [0.2, 0.25) is 0 Å². The fraction of sp³-hybridized carbons (Fsp3) is 0.189. The molecule has 7 nitrogen and oxygen atoms in total. The van der Waals surface area contributed by atoms with Crippen LogP contribution in [-0.2, 0) is 9.09 Å². The minimum absolute atomic E-state index is 0.189. The topological polar surface area (TPSA) is 54.0 Å². The maximum atomic E-state index is 12.7. The Bertz CT molecular complexity index is 3100. The summed E-state index contributed by atoms with van der Waals surface area (Å²) in [5.41, 5.74) is 12.9. The van der Waals surface area contributed by atoms with Crippen LogP contribution < -0.4 is 66.7 Å². The molecule has 0 saturated heterocycles. The van der Waals surface area contributed by atoms with E-state index >= 15 is 0 Å². The highest BCUT2D eigenvalue weighted by Gasteiger charge is 2.33. The van der Waals surface area contributed by atoms with Crippen LogP contribution in [0, 0.1) is 0 Å². The minimum atomic E-state index is -3.23. The van der Waals surface area contributed by atoms with Gasteiger partial charge in [0.2, 0.25) is 0 Å². The lowest BCUT2D eigenvalue weighted by atomic mass is 9.13. The smallest absolute Gasteiger partial charge is 0.376 e. The van der Waals surface area contributed by atoms with E-state index in [1.54, 1.807) is 6.07 Å². The van der Waals surface area contributed by atoms with Crippen molar-refractivity contribution in [1.82, 2.24) is 8.97 Å². The van der Waals surface area contributed by atoms with Gasteiger partial charge in [0, 0.05) is 30.9 Å². The predicted octanol–water partition coefficient (Wildman–Crippen LogP) is 12.1. The summed E-state index contributed by atoms with van der Waals surface area (Å²) < 4.78 is 37.2. The van der Waals surface area contributed by atoms with Gasteiger partial charge in [0.1, 0.15) is 40.9 Å². The SMILES string of the molecule is CC(C)OP(C)(=O)Oc1cc(OCCCCOc2cccc([N+](C)(C)C)c2)cc([N+](C)(C)C)c1.c1ccc([B-](c2ccccc2)(c2ccccc2)c2ccccc2)cc1.c1ccc([B-](c2ccccc2)(c2ccccc2)c2ccccc2)cc1. The van der Waals surface area contributed by atoms with Gasteiger partial charge in [0.05, 0.1) is 61.6 Å². The molecule has 0 aliphatic rings. The molecule has 0 bridgehead atoms.